The van der Waals surface area contributed by atoms with Crippen molar-refractivity contribution >= 4 is 40.7 Å². The Morgan fingerprint density at radius 1 is 1.20 bits per heavy atom. The van der Waals surface area contributed by atoms with E-state index in [0.717, 1.165) is 6.42 Å². The van der Waals surface area contributed by atoms with Gasteiger partial charge in [-0.15, -0.1) is 30.6 Å². The second-order valence-electron chi connectivity index (χ2n) is 4.32. The van der Waals surface area contributed by atoms with Crippen LogP contribution in [0.5, 0.6) is 0 Å². The van der Waals surface area contributed by atoms with E-state index in [2.05, 4.69) is 59.4 Å². The van der Waals surface area contributed by atoms with Crippen LogP contribution in [0.25, 0.3) is 10.8 Å². The van der Waals surface area contributed by atoms with Crippen LogP contribution in [0.4, 0.5) is 0 Å². The number of fused-ring (bicyclic) bond motifs is 1. The van der Waals surface area contributed by atoms with Crippen molar-refractivity contribution in [3.63, 3.8) is 0 Å². The fourth-order valence-electron chi connectivity index (χ4n) is 2.04. The number of aliphatic imine (C=N–C) groups is 1. The van der Waals surface area contributed by atoms with E-state index >= 15 is 0 Å². The maximum absolute atomic E-state index is 5.73. The van der Waals surface area contributed by atoms with Crippen molar-refractivity contribution in [1.82, 2.24) is 5.32 Å². The predicted octanol–water partition coefficient (Wildman–Crippen LogP) is 3.09. The quantitative estimate of drug-likeness (QED) is 0.362. The Hall–Kier alpha value is -1.56. The van der Waals surface area contributed by atoms with E-state index in [1.54, 1.807) is 6.08 Å². The zero-order chi connectivity index (χ0) is 13.5. The molecule has 4 heteroatoms. The third kappa shape index (κ3) is 4.52. The lowest BCUT2D eigenvalue weighted by molar-refractivity contribution is 0.934. The standard InChI is InChI=1S/C16H19N3.HI/c1-2-11-18-16(17)19-12-10-14-8-5-7-13-6-3-4-9-15(13)14;/h2-9H,1,10-12H2,(H3,17,18,19);1H. The number of halogens is 1. The van der Waals surface area contributed by atoms with Crippen LogP contribution in [0.1, 0.15) is 5.56 Å². The predicted molar refractivity (Wildman–Crippen MR) is 97.8 cm³/mol. The maximum Gasteiger partial charge on any atom is 0.188 e. The van der Waals surface area contributed by atoms with E-state index < -0.39 is 0 Å². The van der Waals surface area contributed by atoms with E-state index in [1.807, 2.05) is 0 Å². The average Bonchev–Trinajstić information content (AvgIpc) is 2.45. The summed E-state index contributed by atoms with van der Waals surface area (Å²) in [6.07, 6.45) is 2.64. The molecule has 0 atom stereocenters. The van der Waals surface area contributed by atoms with Gasteiger partial charge in [-0.2, -0.15) is 0 Å². The van der Waals surface area contributed by atoms with Gasteiger partial charge in [-0.1, -0.05) is 48.5 Å². The first kappa shape index (κ1) is 16.5. The zero-order valence-corrected chi connectivity index (χ0v) is 13.7. The topological polar surface area (TPSA) is 50.4 Å². The van der Waals surface area contributed by atoms with Crippen LogP contribution in [0.3, 0.4) is 0 Å². The highest BCUT2D eigenvalue weighted by atomic mass is 127. The first-order valence-electron chi connectivity index (χ1n) is 6.42. The molecule has 0 aliphatic carbocycles. The summed E-state index contributed by atoms with van der Waals surface area (Å²) >= 11 is 0. The Morgan fingerprint density at radius 3 is 2.75 bits per heavy atom. The molecule has 0 heterocycles. The van der Waals surface area contributed by atoms with Gasteiger partial charge in [0.1, 0.15) is 0 Å². The van der Waals surface area contributed by atoms with Crippen LogP contribution < -0.4 is 11.1 Å². The number of hydrogen-bond acceptors (Lipinski definition) is 1. The zero-order valence-electron chi connectivity index (χ0n) is 11.4. The molecule has 0 aliphatic heterocycles. The molecule has 2 aromatic carbocycles. The highest BCUT2D eigenvalue weighted by Gasteiger charge is 1.99. The van der Waals surface area contributed by atoms with Crippen LogP contribution >= 0.6 is 24.0 Å². The maximum atomic E-state index is 5.73. The van der Waals surface area contributed by atoms with Gasteiger partial charge in [0.05, 0.1) is 0 Å². The van der Waals surface area contributed by atoms with E-state index in [9.17, 15) is 0 Å². The molecular formula is C16H20IN3. The van der Waals surface area contributed by atoms with Gasteiger partial charge in [0.15, 0.2) is 5.96 Å². The average molecular weight is 381 g/mol. The van der Waals surface area contributed by atoms with Gasteiger partial charge in [-0.3, -0.25) is 4.99 Å². The largest absolute Gasteiger partial charge is 0.370 e. The minimum absolute atomic E-state index is 0. The van der Waals surface area contributed by atoms with Crippen molar-refractivity contribution in [1.29, 1.82) is 0 Å². The normalized spacial score (nSPS) is 10.9. The number of nitrogens with two attached hydrogens (primary N) is 1. The molecule has 3 N–H and O–H groups in total. The van der Waals surface area contributed by atoms with Gasteiger partial charge in [-0.25, -0.2) is 0 Å². The summed E-state index contributed by atoms with van der Waals surface area (Å²) in [5.74, 6) is 0.472. The molecule has 106 valence electrons. The number of nitrogens with zero attached hydrogens (tertiary/aromatic N) is 1. The summed E-state index contributed by atoms with van der Waals surface area (Å²) in [6.45, 7) is 4.95. The van der Waals surface area contributed by atoms with Crippen molar-refractivity contribution in [2.45, 2.75) is 6.42 Å². The number of rotatable bonds is 5. The molecule has 0 fully saturated rings. The first-order chi connectivity index (χ1) is 9.31. The molecule has 0 bridgehead atoms. The van der Waals surface area contributed by atoms with Crippen LogP contribution in [0, 0.1) is 0 Å². The van der Waals surface area contributed by atoms with Gasteiger partial charge >= 0.3 is 0 Å². The molecule has 2 aromatic rings. The van der Waals surface area contributed by atoms with E-state index in [0.29, 0.717) is 19.0 Å². The number of nitrogens with one attached hydrogen (secondary N) is 1. The van der Waals surface area contributed by atoms with Gasteiger partial charge < -0.3 is 11.1 Å². The van der Waals surface area contributed by atoms with E-state index in [4.69, 9.17) is 5.73 Å². The third-order valence-corrected chi connectivity index (χ3v) is 2.97. The first-order valence-corrected chi connectivity index (χ1v) is 6.42. The van der Waals surface area contributed by atoms with Crippen LogP contribution in [0.2, 0.25) is 0 Å². The van der Waals surface area contributed by atoms with Crippen LogP contribution in [-0.2, 0) is 6.42 Å². The van der Waals surface area contributed by atoms with Gasteiger partial charge in [-0.05, 0) is 22.8 Å². The third-order valence-electron chi connectivity index (χ3n) is 2.97. The minimum atomic E-state index is 0. The molecule has 0 spiro atoms. The molecule has 0 amide bonds. The highest BCUT2D eigenvalue weighted by Crippen LogP contribution is 2.18. The molecule has 0 aromatic heterocycles. The highest BCUT2D eigenvalue weighted by molar-refractivity contribution is 14.0. The molecule has 0 saturated carbocycles. The molecule has 2 rings (SSSR count). The number of hydrogen-bond donors (Lipinski definition) is 2. The lowest BCUT2D eigenvalue weighted by Crippen LogP contribution is -2.31. The lowest BCUT2D eigenvalue weighted by atomic mass is 10.0. The summed E-state index contributed by atoms with van der Waals surface area (Å²) < 4.78 is 0. The summed E-state index contributed by atoms with van der Waals surface area (Å²) in [7, 11) is 0. The smallest absolute Gasteiger partial charge is 0.188 e. The second kappa shape index (κ2) is 8.58. The monoisotopic (exact) mass is 381 g/mol. The van der Waals surface area contributed by atoms with Crippen molar-refractivity contribution in [2.24, 2.45) is 10.7 Å². The molecular weight excluding hydrogens is 361 g/mol. The number of benzene rings is 2. The Morgan fingerprint density at radius 2 is 1.95 bits per heavy atom. The summed E-state index contributed by atoms with van der Waals surface area (Å²) in [5, 5.41) is 5.52. The second-order valence-corrected chi connectivity index (χ2v) is 4.32. The van der Waals surface area contributed by atoms with E-state index in [1.165, 1.54) is 16.3 Å². The van der Waals surface area contributed by atoms with E-state index in [-0.39, 0.29) is 24.0 Å². The van der Waals surface area contributed by atoms with Crippen molar-refractivity contribution < 1.29 is 0 Å². The molecule has 0 unspecified atom stereocenters. The lowest BCUT2D eigenvalue weighted by Gasteiger charge is -2.06. The molecule has 3 nitrogen and oxygen atoms in total. The minimum Gasteiger partial charge on any atom is -0.370 e. The molecule has 20 heavy (non-hydrogen) atoms. The Labute approximate surface area is 137 Å². The van der Waals surface area contributed by atoms with Crippen LogP contribution in [0.15, 0.2) is 60.1 Å². The SMILES string of the molecule is C=CCNC(N)=NCCc1cccc2ccccc12.I. The molecule has 0 aliphatic rings. The summed E-state index contributed by atoms with van der Waals surface area (Å²) in [6, 6.07) is 14.8. The molecule has 0 saturated heterocycles. The summed E-state index contributed by atoms with van der Waals surface area (Å²) in [4.78, 5) is 4.30. The number of guanidine groups is 1. The Balaban J connectivity index is 0.00000200. The van der Waals surface area contributed by atoms with Crippen LogP contribution in [-0.4, -0.2) is 19.0 Å². The van der Waals surface area contributed by atoms with Gasteiger partial charge in [0, 0.05) is 13.1 Å². The van der Waals surface area contributed by atoms with Gasteiger partial charge in [0.25, 0.3) is 0 Å². The van der Waals surface area contributed by atoms with Crippen molar-refractivity contribution in [3.8, 4) is 0 Å². The van der Waals surface area contributed by atoms with Gasteiger partial charge in [0.2, 0.25) is 0 Å². The Kier molecular flexibility index (Phi) is 7.08. The molecule has 0 radical (unpaired) electrons. The Bertz CT molecular complexity index is 588. The van der Waals surface area contributed by atoms with Crippen molar-refractivity contribution in [2.75, 3.05) is 13.1 Å². The summed E-state index contributed by atoms with van der Waals surface area (Å²) in [5.41, 5.74) is 7.03. The fraction of sp³-hybridized carbons (Fsp3) is 0.188. The fourth-order valence-corrected chi connectivity index (χ4v) is 2.04. The van der Waals surface area contributed by atoms with Crippen molar-refractivity contribution in [3.05, 3.63) is 60.7 Å².